The molecule has 3 aliphatic heterocycles. The van der Waals surface area contributed by atoms with E-state index in [9.17, 15) is 4.39 Å². The third-order valence-corrected chi connectivity index (χ3v) is 5.77. The summed E-state index contributed by atoms with van der Waals surface area (Å²) in [4.78, 5) is 10.5. The number of halogens is 1. The van der Waals surface area contributed by atoms with Crippen molar-refractivity contribution in [3.63, 3.8) is 0 Å². The first kappa shape index (κ1) is 20.5. The summed E-state index contributed by atoms with van der Waals surface area (Å²) < 4.78 is 14.0. The van der Waals surface area contributed by atoms with Gasteiger partial charge in [-0.3, -0.25) is 15.0 Å². The van der Waals surface area contributed by atoms with Crippen LogP contribution in [-0.2, 0) is 0 Å². The number of rotatable bonds is 5. The van der Waals surface area contributed by atoms with Gasteiger partial charge in [-0.1, -0.05) is 13.5 Å². The zero-order valence-electron chi connectivity index (χ0n) is 17.6. The van der Waals surface area contributed by atoms with E-state index >= 15 is 0 Å². The molecule has 0 amide bonds. The summed E-state index contributed by atoms with van der Waals surface area (Å²) in [6.45, 7) is 9.65. The zero-order chi connectivity index (χ0) is 21.1. The first-order valence-electron chi connectivity index (χ1n) is 10.5. The molecule has 0 aromatic carbocycles. The van der Waals surface area contributed by atoms with Crippen molar-refractivity contribution in [1.29, 1.82) is 0 Å². The van der Waals surface area contributed by atoms with Crippen molar-refractivity contribution in [3.05, 3.63) is 42.1 Å². The molecule has 3 unspecified atom stereocenters. The summed E-state index contributed by atoms with van der Waals surface area (Å²) in [6, 6.07) is 1.96. The molecule has 9 heteroatoms. The summed E-state index contributed by atoms with van der Waals surface area (Å²) in [5.41, 5.74) is 1.45. The number of pyridine rings is 1. The number of allylic oxidation sites excluding steroid dienone is 1. The second-order valence-electron chi connectivity index (χ2n) is 7.96. The van der Waals surface area contributed by atoms with Crippen LogP contribution in [0.5, 0.6) is 0 Å². The van der Waals surface area contributed by atoms with Crippen LogP contribution in [-0.4, -0.2) is 77.4 Å². The molecule has 1 saturated heterocycles. The molecule has 1 aromatic rings. The molecule has 4 heterocycles. The largest absolute Gasteiger partial charge is 0.349 e. The Morgan fingerprint density at radius 2 is 2.20 bits per heavy atom. The maximum absolute atomic E-state index is 14.0. The van der Waals surface area contributed by atoms with E-state index in [1.807, 2.05) is 30.1 Å². The lowest BCUT2D eigenvalue weighted by Gasteiger charge is -2.39. The minimum Gasteiger partial charge on any atom is -0.349 e. The van der Waals surface area contributed by atoms with Gasteiger partial charge in [-0.05, 0) is 19.0 Å². The van der Waals surface area contributed by atoms with Crippen LogP contribution in [0.4, 0.5) is 4.39 Å². The average molecular weight is 413 g/mol. The molecule has 160 valence electrons. The molecule has 0 aliphatic carbocycles. The monoisotopic (exact) mass is 412 g/mol. The summed E-state index contributed by atoms with van der Waals surface area (Å²) in [5.74, 6) is 0.552. The minimum atomic E-state index is -0.371. The normalized spacial score (nSPS) is 28.6. The maximum Gasteiger partial charge on any atom is 0.148 e. The Bertz CT molecular complexity index is 860. The second kappa shape index (κ2) is 8.91. The van der Waals surface area contributed by atoms with Gasteiger partial charge in [0.1, 0.15) is 17.8 Å². The van der Waals surface area contributed by atoms with Crippen molar-refractivity contribution in [3.8, 4) is 0 Å². The Labute approximate surface area is 176 Å². The Morgan fingerprint density at radius 3 is 2.93 bits per heavy atom. The third kappa shape index (κ3) is 4.35. The van der Waals surface area contributed by atoms with Crippen LogP contribution in [0.15, 0.2) is 45.9 Å². The van der Waals surface area contributed by atoms with Crippen LogP contribution in [0.3, 0.4) is 0 Å². The standard InChI is InChI=1S/C21H29FN8/c1-4-20-25-8-15(2)28(3)21(17-7-18(22)11-24-10-17)30(27-20)14-16-9-26-29(13-16)19-5-6-23-12-19/h7-11,16,19,21,23H,2,4-6,12-14H2,1,3H3/b25-8?,27-20-. The lowest BCUT2D eigenvalue weighted by molar-refractivity contribution is 0.0782. The van der Waals surface area contributed by atoms with Crippen molar-refractivity contribution < 1.29 is 4.39 Å². The van der Waals surface area contributed by atoms with E-state index in [2.05, 4.69) is 32.0 Å². The van der Waals surface area contributed by atoms with E-state index < -0.39 is 0 Å². The molecule has 1 fully saturated rings. The predicted molar refractivity (Wildman–Crippen MR) is 117 cm³/mol. The topological polar surface area (TPSA) is 71.7 Å². The highest BCUT2D eigenvalue weighted by molar-refractivity contribution is 5.94. The molecular formula is C21H29FN8. The van der Waals surface area contributed by atoms with Crippen molar-refractivity contribution in [2.24, 2.45) is 21.1 Å². The van der Waals surface area contributed by atoms with Gasteiger partial charge in [0.15, 0.2) is 0 Å². The number of hydrogen-bond acceptors (Lipinski definition) is 8. The number of aliphatic imine (C=N–C) groups is 1. The van der Waals surface area contributed by atoms with E-state index in [4.69, 9.17) is 5.10 Å². The van der Waals surface area contributed by atoms with Crippen LogP contribution in [0.25, 0.3) is 0 Å². The molecule has 3 atom stereocenters. The van der Waals surface area contributed by atoms with Gasteiger partial charge in [-0.25, -0.2) is 9.38 Å². The fourth-order valence-electron chi connectivity index (χ4n) is 4.09. The molecule has 0 bridgehead atoms. The third-order valence-electron chi connectivity index (χ3n) is 5.77. The summed E-state index contributed by atoms with van der Waals surface area (Å²) in [7, 11) is 1.92. The van der Waals surface area contributed by atoms with Gasteiger partial charge in [0.05, 0.1) is 18.5 Å². The van der Waals surface area contributed by atoms with Crippen LogP contribution in [0.1, 0.15) is 31.5 Å². The van der Waals surface area contributed by atoms with Crippen LogP contribution >= 0.6 is 0 Å². The molecule has 0 spiro atoms. The first-order chi connectivity index (χ1) is 14.5. The maximum atomic E-state index is 14.0. The Kier molecular flexibility index (Phi) is 6.08. The Hall–Kier alpha value is -2.81. The number of amidine groups is 1. The summed E-state index contributed by atoms with van der Waals surface area (Å²) >= 11 is 0. The first-order valence-corrected chi connectivity index (χ1v) is 10.5. The van der Waals surface area contributed by atoms with Crippen molar-refractivity contribution in [2.75, 3.05) is 33.2 Å². The number of nitrogens with one attached hydrogen (secondary N) is 1. The van der Waals surface area contributed by atoms with Crippen molar-refractivity contribution in [2.45, 2.75) is 32.0 Å². The van der Waals surface area contributed by atoms with E-state index in [0.29, 0.717) is 24.8 Å². The van der Waals surface area contributed by atoms with Crippen LogP contribution in [0.2, 0.25) is 0 Å². The molecule has 0 saturated carbocycles. The van der Waals surface area contributed by atoms with Gasteiger partial charge in [-0.2, -0.15) is 10.2 Å². The number of aromatic nitrogens is 1. The quantitative estimate of drug-likeness (QED) is 0.802. The van der Waals surface area contributed by atoms with Gasteiger partial charge in [0.25, 0.3) is 0 Å². The molecule has 8 nitrogen and oxygen atoms in total. The predicted octanol–water partition coefficient (Wildman–Crippen LogP) is 2.05. The van der Waals surface area contributed by atoms with Gasteiger partial charge in [-0.15, -0.1) is 0 Å². The molecule has 1 N–H and O–H groups in total. The minimum absolute atomic E-state index is 0.210. The van der Waals surface area contributed by atoms with E-state index in [-0.39, 0.29) is 17.9 Å². The smallest absolute Gasteiger partial charge is 0.148 e. The zero-order valence-corrected chi connectivity index (χ0v) is 17.6. The van der Waals surface area contributed by atoms with Gasteiger partial charge in [0.2, 0.25) is 0 Å². The lowest BCUT2D eigenvalue weighted by atomic mass is 10.1. The molecule has 3 aliphatic rings. The van der Waals surface area contributed by atoms with Crippen LogP contribution < -0.4 is 5.32 Å². The molecule has 1 aromatic heterocycles. The molecule has 30 heavy (non-hydrogen) atoms. The van der Waals surface area contributed by atoms with Gasteiger partial charge < -0.3 is 10.2 Å². The van der Waals surface area contributed by atoms with Crippen molar-refractivity contribution in [1.82, 2.24) is 25.2 Å². The van der Waals surface area contributed by atoms with E-state index in [0.717, 1.165) is 37.3 Å². The van der Waals surface area contributed by atoms with E-state index in [1.54, 1.807) is 12.4 Å². The number of nitrogens with zero attached hydrogens (tertiary/aromatic N) is 7. The van der Waals surface area contributed by atoms with E-state index in [1.165, 1.54) is 12.3 Å². The lowest BCUT2D eigenvalue weighted by Crippen LogP contribution is -2.42. The summed E-state index contributed by atoms with van der Waals surface area (Å²) in [6.07, 6.45) is 8.08. The Balaban J connectivity index is 1.61. The van der Waals surface area contributed by atoms with Gasteiger partial charge >= 0.3 is 0 Å². The molecule has 4 rings (SSSR count). The SMILES string of the molecule is C=C1C=N/C(CC)=N\N(CC2C=NN(C3CCNC3)C2)C(c2cncc(F)c2)N1C. The van der Waals surface area contributed by atoms with Crippen LogP contribution in [0, 0.1) is 11.7 Å². The highest BCUT2D eigenvalue weighted by atomic mass is 19.1. The molecule has 0 radical (unpaired) electrons. The second-order valence-corrected chi connectivity index (χ2v) is 7.96. The number of hydrazone groups is 2. The summed E-state index contributed by atoms with van der Waals surface area (Å²) in [5, 5.41) is 17.0. The number of hydrogen-bond donors (Lipinski definition) is 1. The average Bonchev–Trinajstić information content (AvgIpc) is 3.41. The fourth-order valence-corrected chi connectivity index (χ4v) is 4.09. The molecular weight excluding hydrogens is 383 g/mol. The van der Waals surface area contributed by atoms with Crippen molar-refractivity contribution >= 4 is 18.3 Å². The highest BCUT2D eigenvalue weighted by Crippen LogP contribution is 2.30. The highest BCUT2D eigenvalue weighted by Gasteiger charge is 2.32. The fraction of sp³-hybridized carbons (Fsp3) is 0.524. The van der Waals surface area contributed by atoms with Gasteiger partial charge in [0, 0.05) is 62.7 Å². The Morgan fingerprint density at radius 1 is 1.33 bits per heavy atom.